The smallest absolute Gasteiger partial charge is 0.238 e. The number of hydrogen-bond acceptors (Lipinski definition) is 5. The Morgan fingerprint density at radius 1 is 0.968 bits per heavy atom. The van der Waals surface area contributed by atoms with Crippen LogP contribution in [0, 0.1) is 13.8 Å². The van der Waals surface area contributed by atoms with Crippen LogP contribution in [-0.4, -0.2) is 45.5 Å². The highest BCUT2D eigenvalue weighted by Gasteiger charge is 2.13. The molecule has 162 valence electrons. The summed E-state index contributed by atoms with van der Waals surface area (Å²) >= 11 is 0. The first-order chi connectivity index (χ1) is 14.8. The van der Waals surface area contributed by atoms with E-state index in [-0.39, 0.29) is 4.90 Å². The van der Waals surface area contributed by atoms with Gasteiger partial charge in [0.15, 0.2) is 0 Å². The minimum absolute atomic E-state index is 0.0982. The Morgan fingerprint density at radius 3 is 2.19 bits per heavy atom. The molecular weight excluding hydrogens is 412 g/mol. The van der Waals surface area contributed by atoms with E-state index in [4.69, 9.17) is 9.88 Å². The zero-order valence-electron chi connectivity index (χ0n) is 17.7. The Hall–Kier alpha value is -2.94. The molecule has 0 spiro atoms. The van der Waals surface area contributed by atoms with Gasteiger partial charge in [-0.3, -0.25) is 4.99 Å². The Morgan fingerprint density at radius 2 is 1.58 bits per heavy atom. The van der Waals surface area contributed by atoms with E-state index in [1.54, 1.807) is 12.1 Å². The summed E-state index contributed by atoms with van der Waals surface area (Å²) in [6, 6.07) is 16.8. The number of ether oxygens (including phenoxy) is 1. The number of nitrogens with zero attached hydrogens (tertiary/aromatic N) is 3. The molecular formula is C23H26N4O3S. The molecule has 0 radical (unpaired) electrons. The lowest BCUT2D eigenvalue weighted by atomic mass is 10.2. The maximum Gasteiger partial charge on any atom is 0.238 e. The van der Waals surface area contributed by atoms with Gasteiger partial charge >= 0.3 is 0 Å². The van der Waals surface area contributed by atoms with Crippen LogP contribution in [0.25, 0.3) is 5.69 Å². The molecule has 31 heavy (non-hydrogen) atoms. The van der Waals surface area contributed by atoms with Gasteiger partial charge in [-0.15, -0.1) is 0 Å². The van der Waals surface area contributed by atoms with Crippen molar-refractivity contribution in [2.24, 2.45) is 10.1 Å². The van der Waals surface area contributed by atoms with Crippen LogP contribution in [0.4, 0.5) is 11.4 Å². The Labute approximate surface area is 182 Å². The van der Waals surface area contributed by atoms with Gasteiger partial charge in [-0.1, -0.05) is 0 Å². The van der Waals surface area contributed by atoms with Crippen LogP contribution in [-0.2, 0) is 14.8 Å². The molecule has 0 amide bonds. The third kappa shape index (κ3) is 4.71. The van der Waals surface area contributed by atoms with E-state index in [1.807, 2.05) is 32.2 Å². The number of hydrogen-bond donors (Lipinski definition) is 1. The number of rotatable bonds is 5. The average molecular weight is 439 g/mol. The molecule has 1 aliphatic rings. The first-order valence-electron chi connectivity index (χ1n) is 10.1. The van der Waals surface area contributed by atoms with Gasteiger partial charge in [0.05, 0.1) is 23.8 Å². The fourth-order valence-corrected chi connectivity index (χ4v) is 4.33. The highest BCUT2D eigenvalue weighted by atomic mass is 32.2. The molecule has 3 aromatic rings. The van der Waals surface area contributed by atoms with Crippen molar-refractivity contribution in [2.75, 3.05) is 31.2 Å². The first kappa shape index (κ1) is 21.3. The van der Waals surface area contributed by atoms with Crippen LogP contribution in [0.15, 0.2) is 64.5 Å². The number of nitrogens with two attached hydrogens (primary N) is 1. The maximum atomic E-state index is 11.5. The topological polar surface area (TPSA) is 89.9 Å². The van der Waals surface area contributed by atoms with E-state index in [1.165, 1.54) is 17.8 Å². The van der Waals surface area contributed by atoms with Gasteiger partial charge in [0, 0.05) is 47.6 Å². The van der Waals surface area contributed by atoms with Crippen LogP contribution in [0.3, 0.4) is 0 Å². The van der Waals surface area contributed by atoms with E-state index in [2.05, 4.69) is 32.7 Å². The number of aliphatic imine (C=N–C) groups is 1. The maximum absolute atomic E-state index is 11.5. The second-order valence-corrected chi connectivity index (χ2v) is 9.14. The lowest BCUT2D eigenvalue weighted by Gasteiger charge is -2.28. The lowest BCUT2D eigenvalue weighted by Crippen LogP contribution is -2.36. The first-order valence-corrected chi connectivity index (χ1v) is 11.7. The molecule has 1 fully saturated rings. The van der Waals surface area contributed by atoms with Crippen molar-refractivity contribution in [3.05, 3.63) is 71.5 Å². The molecule has 7 nitrogen and oxygen atoms in total. The van der Waals surface area contributed by atoms with Gasteiger partial charge in [-0.05, 0) is 68.4 Å². The Kier molecular flexibility index (Phi) is 5.95. The molecule has 0 atom stereocenters. The number of benzene rings is 2. The van der Waals surface area contributed by atoms with E-state index >= 15 is 0 Å². The molecule has 2 N–H and O–H groups in total. The monoisotopic (exact) mass is 438 g/mol. The molecule has 0 saturated carbocycles. The molecule has 4 rings (SSSR count). The van der Waals surface area contributed by atoms with Gasteiger partial charge in [0.2, 0.25) is 10.0 Å². The summed E-state index contributed by atoms with van der Waals surface area (Å²) in [6.07, 6.45) is 1.86. The molecule has 8 heteroatoms. The van der Waals surface area contributed by atoms with E-state index in [0.717, 1.165) is 54.6 Å². The SMILES string of the molecule is Cc1cc(C=Nc2ccc(N3CCOCC3)cc2)c(C)n1-c1ccc(S(N)(=O)=O)cc1. The third-order valence-corrected chi connectivity index (χ3v) is 6.40. The quantitative estimate of drug-likeness (QED) is 0.619. The van der Waals surface area contributed by atoms with Gasteiger partial charge in [-0.25, -0.2) is 13.6 Å². The summed E-state index contributed by atoms with van der Waals surface area (Å²) < 4.78 is 30.5. The number of morpholine rings is 1. The van der Waals surface area contributed by atoms with Crippen molar-refractivity contribution in [2.45, 2.75) is 18.7 Å². The molecule has 2 aromatic carbocycles. The normalized spacial score (nSPS) is 15.0. The fraction of sp³-hybridized carbons (Fsp3) is 0.261. The molecule has 2 heterocycles. The third-order valence-electron chi connectivity index (χ3n) is 5.47. The number of aryl methyl sites for hydroxylation is 1. The van der Waals surface area contributed by atoms with Crippen molar-refractivity contribution in [3.8, 4) is 5.69 Å². The highest BCUT2D eigenvalue weighted by molar-refractivity contribution is 7.89. The van der Waals surface area contributed by atoms with Crippen molar-refractivity contribution in [1.29, 1.82) is 0 Å². The number of aromatic nitrogens is 1. The van der Waals surface area contributed by atoms with Crippen LogP contribution in [0.5, 0.6) is 0 Å². The summed E-state index contributed by atoms with van der Waals surface area (Å²) in [5, 5.41) is 5.20. The average Bonchev–Trinajstić information content (AvgIpc) is 3.06. The molecule has 0 aliphatic carbocycles. The van der Waals surface area contributed by atoms with Crippen LogP contribution < -0.4 is 10.0 Å². The fourth-order valence-electron chi connectivity index (χ4n) is 3.82. The van der Waals surface area contributed by atoms with Gasteiger partial charge in [-0.2, -0.15) is 0 Å². The zero-order valence-corrected chi connectivity index (χ0v) is 18.5. The number of anilines is 1. The number of sulfonamides is 1. The van der Waals surface area contributed by atoms with E-state index < -0.39 is 10.0 Å². The van der Waals surface area contributed by atoms with Gasteiger partial charge in [0.25, 0.3) is 0 Å². The number of primary sulfonamides is 1. The predicted octanol–water partition coefficient (Wildman–Crippen LogP) is 3.33. The molecule has 1 aliphatic heterocycles. The minimum atomic E-state index is -3.71. The molecule has 0 bridgehead atoms. The highest BCUT2D eigenvalue weighted by Crippen LogP contribution is 2.23. The van der Waals surface area contributed by atoms with E-state index in [9.17, 15) is 8.42 Å². The summed E-state index contributed by atoms with van der Waals surface area (Å²) in [7, 11) is -3.71. The second-order valence-electron chi connectivity index (χ2n) is 7.57. The molecule has 1 saturated heterocycles. The standard InChI is InChI=1S/C23H26N4O3S/c1-17-15-19(18(2)27(17)22-7-9-23(10-8-22)31(24,28)29)16-25-20-3-5-21(6-4-20)26-11-13-30-14-12-26/h3-10,15-16H,11-14H2,1-2H3,(H2,24,28,29). The van der Waals surface area contributed by atoms with Crippen molar-refractivity contribution in [1.82, 2.24) is 4.57 Å². The Balaban J connectivity index is 1.54. The van der Waals surface area contributed by atoms with Crippen LogP contribution in [0.1, 0.15) is 17.0 Å². The molecule has 1 aromatic heterocycles. The summed E-state index contributed by atoms with van der Waals surface area (Å²) in [4.78, 5) is 7.05. The summed E-state index contributed by atoms with van der Waals surface area (Å²) in [5.74, 6) is 0. The van der Waals surface area contributed by atoms with E-state index in [0.29, 0.717) is 0 Å². The minimum Gasteiger partial charge on any atom is -0.378 e. The lowest BCUT2D eigenvalue weighted by molar-refractivity contribution is 0.122. The van der Waals surface area contributed by atoms with Gasteiger partial charge in [0.1, 0.15) is 0 Å². The predicted molar refractivity (Wildman–Crippen MR) is 123 cm³/mol. The Bertz CT molecular complexity index is 1190. The van der Waals surface area contributed by atoms with Crippen LogP contribution >= 0.6 is 0 Å². The van der Waals surface area contributed by atoms with Crippen LogP contribution in [0.2, 0.25) is 0 Å². The second kappa shape index (κ2) is 8.66. The summed E-state index contributed by atoms with van der Waals surface area (Å²) in [6.45, 7) is 7.37. The van der Waals surface area contributed by atoms with Crippen molar-refractivity contribution in [3.63, 3.8) is 0 Å². The summed E-state index contributed by atoms with van der Waals surface area (Å²) in [5.41, 5.74) is 6.00. The van der Waals surface area contributed by atoms with Crippen molar-refractivity contribution >= 4 is 27.6 Å². The largest absolute Gasteiger partial charge is 0.378 e. The molecule has 0 unspecified atom stereocenters. The van der Waals surface area contributed by atoms with Crippen molar-refractivity contribution < 1.29 is 13.2 Å². The van der Waals surface area contributed by atoms with Gasteiger partial charge < -0.3 is 14.2 Å². The zero-order chi connectivity index (χ0) is 22.0.